The summed E-state index contributed by atoms with van der Waals surface area (Å²) in [6.07, 6.45) is 1.87. The first-order valence-corrected chi connectivity index (χ1v) is 4.16. The predicted molar refractivity (Wildman–Crippen MR) is 55.6 cm³/mol. The highest BCUT2D eigenvalue weighted by atomic mass is 15.2. The Morgan fingerprint density at radius 3 is 3.00 bits per heavy atom. The van der Waals surface area contributed by atoms with Gasteiger partial charge in [-0.25, -0.2) is 0 Å². The van der Waals surface area contributed by atoms with E-state index in [0.717, 1.165) is 11.3 Å². The number of aliphatic imine (C=N–C) groups is 2. The van der Waals surface area contributed by atoms with E-state index in [2.05, 4.69) is 21.9 Å². The molecule has 70 valence electrons. The molecule has 0 atom stereocenters. The summed E-state index contributed by atoms with van der Waals surface area (Å²) in [6.45, 7) is 8.33. The van der Waals surface area contributed by atoms with Gasteiger partial charge in [-0.15, -0.1) is 0 Å². The molecule has 0 fully saturated rings. The summed E-state index contributed by atoms with van der Waals surface area (Å²) in [4.78, 5) is 8.22. The van der Waals surface area contributed by atoms with Gasteiger partial charge in [0.1, 0.15) is 0 Å². The summed E-state index contributed by atoms with van der Waals surface area (Å²) >= 11 is 0. The molecular formula is C9H14N4. The predicted octanol–water partition coefficient (Wildman–Crippen LogP) is 0.783. The van der Waals surface area contributed by atoms with Gasteiger partial charge in [0, 0.05) is 6.54 Å². The van der Waals surface area contributed by atoms with Crippen LogP contribution in [0.3, 0.4) is 0 Å². The van der Waals surface area contributed by atoms with Gasteiger partial charge in [0.2, 0.25) is 0 Å². The standard InChI is InChI=1S/C9H14N4/c1-4-11-8-7(5-6(2)3)12-9(10)13-8/h5H,2,4H2,1,3H3,(H3,10,11,12,13)/b7-5+. The number of amidine groups is 1. The quantitative estimate of drug-likeness (QED) is 0.656. The molecule has 4 nitrogen and oxygen atoms in total. The van der Waals surface area contributed by atoms with E-state index < -0.39 is 0 Å². The van der Waals surface area contributed by atoms with Crippen LogP contribution in [0.5, 0.6) is 0 Å². The first-order valence-electron chi connectivity index (χ1n) is 4.16. The molecule has 3 N–H and O–H groups in total. The van der Waals surface area contributed by atoms with E-state index in [4.69, 9.17) is 5.73 Å². The van der Waals surface area contributed by atoms with Crippen LogP contribution in [0.25, 0.3) is 0 Å². The summed E-state index contributed by atoms with van der Waals surface area (Å²) in [6, 6.07) is 0. The molecule has 0 saturated carbocycles. The zero-order chi connectivity index (χ0) is 9.84. The van der Waals surface area contributed by atoms with Crippen LogP contribution >= 0.6 is 0 Å². The van der Waals surface area contributed by atoms with Crippen molar-refractivity contribution in [3.8, 4) is 0 Å². The number of nitrogens with two attached hydrogens (primary N) is 1. The lowest BCUT2D eigenvalue weighted by atomic mass is 10.2. The van der Waals surface area contributed by atoms with Crippen molar-refractivity contribution in [3.05, 3.63) is 23.9 Å². The third-order valence-corrected chi connectivity index (χ3v) is 1.43. The minimum absolute atomic E-state index is 0.389. The van der Waals surface area contributed by atoms with Crippen molar-refractivity contribution < 1.29 is 0 Å². The highest BCUT2D eigenvalue weighted by Crippen LogP contribution is 2.06. The van der Waals surface area contributed by atoms with E-state index in [9.17, 15) is 0 Å². The minimum Gasteiger partial charge on any atom is -0.369 e. The van der Waals surface area contributed by atoms with Crippen LogP contribution in [0.1, 0.15) is 13.8 Å². The number of nitrogens with zero attached hydrogens (tertiary/aromatic N) is 2. The fourth-order valence-electron chi connectivity index (χ4n) is 1.01. The normalized spacial score (nSPS) is 21.8. The molecule has 1 aliphatic heterocycles. The lowest BCUT2D eigenvalue weighted by molar-refractivity contribution is 1.11. The monoisotopic (exact) mass is 178 g/mol. The van der Waals surface area contributed by atoms with Gasteiger partial charge < -0.3 is 11.1 Å². The number of hydrogen-bond acceptors (Lipinski definition) is 3. The first-order chi connectivity index (χ1) is 6.13. The highest BCUT2D eigenvalue weighted by Gasteiger charge is 2.14. The smallest absolute Gasteiger partial charge is 0.200 e. The fraction of sp³-hybridized carbons (Fsp3) is 0.333. The Kier molecular flexibility index (Phi) is 2.84. The Balaban J connectivity index is 2.91. The molecule has 0 radical (unpaired) electrons. The Bertz CT molecular complexity index is 310. The maximum Gasteiger partial charge on any atom is 0.200 e. The summed E-state index contributed by atoms with van der Waals surface area (Å²) in [5, 5.41) is 2.92. The van der Waals surface area contributed by atoms with E-state index >= 15 is 0 Å². The average molecular weight is 178 g/mol. The molecule has 1 aliphatic rings. The van der Waals surface area contributed by atoms with Gasteiger partial charge in [-0.2, -0.15) is 4.99 Å². The third kappa shape index (κ3) is 2.43. The van der Waals surface area contributed by atoms with Gasteiger partial charge in [-0.05, 0) is 19.9 Å². The van der Waals surface area contributed by atoms with Crippen molar-refractivity contribution in [2.75, 3.05) is 6.54 Å². The number of guanidine groups is 1. The molecule has 0 bridgehead atoms. The Labute approximate surface area is 78.0 Å². The average Bonchev–Trinajstić information content (AvgIpc) is 2.31. The van der Waals surface area contributed by atoms with Gasteiger partial charge >= 0.3 is 0 Å². The molecule has 1 rings (SSSR count). The summed E-state index contributed by atoms with van der Waals surface area (Å²) < 4.78 is 0. The molecule has 0 saturated heterocycles. The third-order valence-electron chi connectivity index (χ3n) is 1.43. The molecule has 0 aliphatic carbocycles. The maximum atomic E-state index is 5.51. The van der Waals surface area contributed by atoms with E-state index in [-0.39, 0.29) is 0 Å². The second-order valence-corrected chi connectivity index (χ2v) is 2.82. The summed E-state index contributed by atoms with van der Waals surface area (Å²) in [7, 11) is 0. The SMILES string of the molecule is C=C(C)/C=C1/NC(N)=NC1=NCC. The summed E-state index contributed by atoms with van der Waals surface area (Å²) in [5.41, 5.74) is 7.28. The molecule has 1 heterocycles. The van der Waals surface area contributed by atoms with E-state index in [1.54, 1.807) is 0 Å². The summed E-state index contributed by atoms with van der Waals surface area (Å²) in [5.74, 6) is 1.04. The molecule has 0 aromatic heterocycles. The van der Waals surface area contributed by atoms with Crippen LogP contribution in [0.4, 0.5) is 0 Å². The lowest BCUT2D eigenvalue weighted by Gasteiger charge is -1.98. The Hall–Kier alpha value is -1.58. The molecule has 0 unspecified atom stereocenters. The number of hydrogen-bond donors (Lipinski definition) is 2. The first kappa shape index (κ1) is 9.51. The van der Waals surface area contributed by atoms with E-state index in [1.807, 2.05) is 19.9 Å². The van der Waals surface area contributed by atoms with Crippen LogP contribution in [-0.4, -0.2) is 18.3 Å². The van der Waals surface area contributed by atoms with Crippen LogP contribution in [0.15, 0.2) is 33.9 Å². The zero-order valence-electron chi connectivity index (χ0n) is 7.96. The van der Waals surface area contributed by atoms with Gasteiger partial charge in [0.15, 0.2) is 11.8 Å². The van der Waals surface area contributed by atoms with Crippen molar-refractivity contribution >= 4 is 11.8 Å². The Morgan fingerprint density at radius 2 is 2.46 bits per heavy atom. The molecule has 4 heteroatoms. The van der Waals surface area contributed by atoms with Crippen molar-refractivity contribution in [1.29, 1.82) is 0 Å². The van der Waals surface area contributed by atoms with Gasteiger partial charge in [-0.1, -0.05) is 12.2 Å². The highest BCUT2D eigenvalue weighted by molar-refractivity contribution is 6.12. The van der Waals surface area contributed by atoms with Crippen LogP contribution in [-0.2, 0) is 0 Å². The van der Waals surface area contributed by atoms with Crippen molar-refractivity contribution in [3.63, 3.8) is 0 Å². The van der Waals surface area contributed by atoms with Crippen molar-refractivity contribution in [1.82, 2.24) is 5.32 Å². The van der Waals surface area contributed by atoms with Crippen LogP contribution in [0.2, 0.25) is 0 Å². The molecule has 0 amide bonds. The minimum atomic E-state index is 0.389. The number of nitrogens with one attached hydrogen (secondary N) is 1. The largest absolute Gasteiger partial charge is 0.369 e. The van der Waals surface area contributed by atoms with Crippen molar-refractivity contribution in [2.45, 2.75) is 13.8 Å². The molecule has 0 spiro atoms. The van der Waals surface area contributed by atoms with E-state index in [1.165, 1.54) is 0 Å². The van der Waals surface area contributed by atoms with E-state index in [0.29, 0.717) is 18.3 Å². The van der Waals surface area contributed by atoms with Gasteiger partial charge in [0.05, 0.1) is 5.70 Å². The zero-order valence-corrected chi connectivity index (χ0v) is 7.96. The van der Waals surface area contributed by atoms with Gasteiger partial charge in [0.25, 0.3) is 0 Å². The molecular weight excluding hydrogens is 164 g/mol. The van der Waals surface area contributed by atoms with Crippen LogP contribution in [0, 0.1) is 0 Å². The lowest BCUT2D eigenvalue weighted by Crippen LogP contribution is -2.25. The molecule has 0 aromatic carbocycles. The molecule has 13 heavy (non-hydrogen) atoms. The maximum absolute atomic E-state index is 5.51. The second-order valence-electron chi connectivity index (χ2n) is 2.82. The number of allylic oxidation sites excluding steroid dienone is 2. The fourth-order valence-corrected chi connectivity index (χ4v) is 1.01. The second kappa shape index (κ2) is 3.89. The topological polar surface area (TPSA) is 62.8 Å². The molecule has 0 aromatic rings. The van der Waals surface area contributed by atoms with Gasteiger partial charge in [-0.3, -0.25) is 4.99 Å². The van der Waals surface area contributed by atoms with Crippen LogP contribution < -0.4 is 11.1 Å². The van der Waals surface area contributed by atoms with Crippen molar-refractivity contribution in [2.24, 2.45) is 15.7 Å². The number of rotatable bonds is 2. The Morgan fingerprint density at radius 1 is 1.77 bits per heavy atom.